The van der Waals surface area contributed by atoms with E-state index in [4.69, 9.17) is 4.74 Å². The van der Waals surface area contributed by atoms with Gasteiger partial charge in [-0.1, -0.05) is 35.9 Å². The van der Waals surface area contributed by atoms with Gasteiger partial charge in [-0.3, -0.25) is 9.79 Å². The van der Waals surface area contributed by atoms with Crippen LogP contribution < -0.4 is 20.7 Å². The summed E-state index contributed by atoms with van der Waals surface area (Å²) in [4.78, 5) is 16.2. The lowest BCUT2D eigenvalue weighted by molar-refractivity contribution is 0.0954. The van der Waals surface area contributed by atoms with E-state index in [2.05, 4.69) is 20.9 Å². The molecule has 0 aliphatic carbocycles. The van der Waals surface area contributed by atoms with Crippen molar-refractivity contribution in [2.45, 2.75) is 13.3 Å². The standard InChI is InChI=1S/C21H28N4O2/c1-17-8-6-9-18(16-17)20(26)23-13-14-25-21(22-2)24-12-7-15-27-19-10-4-3-5-11-19/h3-6,8-11,16H,7,12-15H2,1-2H3,(H,23,26)(H2,22,24,25). The summed E-state index contributed by atoms with van der Waals surface area (Å²) in [6.07, 6.45) is 0.861. The fourth-order valence-electron chi connectivity index (χ4n) is 2.45. The molecule has 144 valence electrons. The van der Waals surface area contributed by atoms with Crippen molar-refractivity contribution in [3.63, 3.8) is 0 Å². The zero-order chi connectivity index (χ0) is 19.3. The molecule has 0 fully saturated rings. The summed E-state index contributed by atoms with van der Waals surface area (Å²) in [7, 11) is 1.72. The number of rotatable bonds is 9. The Morgan fingerprint density at radius 2 is 1.70 bits per heavy atom. The molecule has 1 amide bonds. The monoisotopic (exact) mass is 368 g/mol. The second-order valence-corrected chi connectivity index (χ2v) is 6.07. The molecule has 6 nitrogen and oxygen atoms in total. The molecule has 2 rings (SSSR count). The van der Waals surface area contributed by atoms with Gasteiger partial charge in [-0.25, -0.2) is 0 Å². The molecule has 0 aromatic heterocycles. The quantitative estimate of drug-likeness (QED) is 0.361. The molecule has 2 aromatic carbocycles. The van der Waals surface area contributed by atoms with Crippen LogP contribution in [0.1, 0.15) is 22.3 Å². The lowest BCUT2D eigenvalue weighted by atomic mass is 10.1. The van der Waals surface area contributed by atoms with E-state index in [1.54, 1.807) is 7.05 Å². The maximum absolute atomic E-state index is 12.1. The van der Waals surface area contributed by atoms with E-state index in [1.807, 2.05) is 61.5 Å². The van der Waals surface area contributed by atoms with Gasteiger partial charge in [0.2, 0.25) is 0 Å². The van der Waals surface area contributed by atoms with E-state index < -0.39 is 0 Å². The molecule has 0 atom stereocenters. The Balaban J connectivity index is 1.56. The molecule has 0 aliphatic heterocycles. The molecule has 0 bridgehead atoms. The lowest BCUT2D eigenvalue weighted by Crippen LogP contribution is -2.42. The van der Waals surface area contributed by atoms with E-state index in [0.29, 0.717) is 31.2 Å². The van der Waals surface area contributed by atoms with Crippen LogP contribution in [0.15, 0.2) is 59.6 Å². The summed E-state index contributed by atoms with van der Waals surface area (Å²) >= 11 is 0. The van der Waals surface area contributed by atoms with Gasteiger partial charge in [0.25, 0.3) is 5.91 Å². The Kier molecular flexibility index (Phi) is 8.69. The molecule has 0 heterocycles. The van der Waals surface area contributed by atoms with Gasteiger partial charge in [-0.2, -0.15) is 0 Å². The predicted molar refractivity (Wildman–Crippen MR) is 109 cm³/mol. The molecule has 0 aliphatic rings. The number of para-hydroxylation sites is 1. The maximum atomic E-state index is 12.1. The van der Waals surface area contributed by atoms with Gasteiger partial charge in [0, 0.05) is 32.2 Å². The van der Waals surface area contributed by atoms with Crippen molar-refractivity contribution >= 4 is 11.9 Å². The number of carbonyl (C=O) groups excluding carboxylic acids is 1. The summed E-state index contributed by atoms with van der Waals surface area (Å²) in [6.45, 7) is 4.48. The van der Waals surface area contributed by atoms with Crippen LogP contribution in [0.2, 0.25) is 0 Å². The largest absolute Gasteiger partial charge is 0.494 e. The summed E-state index contributed by atoms with van der Waals surface area (Å²) in [6, 6.07) is 17.3. The van der Waals surface area contributed by atoms with Gasteiger partial charge in [0.15, 0.2) is 5.96 Å². The fraction of sp³-hybridized carbons (Fsp3) is 0.333. The van der Waals surface area contributed by atoms with Crippen LogP contribution in [0.4, 0.5) is 0 Å². The number of hydrogen-bond acceptors (Lipinski definition) is 3. The van der Waals surface area contributed by atoms with Crippen LogP contribution in [0.5, 0.6) is 5.75 Å². The van der Waals surface area contributed by atoms with Crippen molar-refractivity contribution in [2.75, 3.05) is 33.3 Å². The molecule has 0 saturated heterocycles. The highest BCUT2D eigenvalue weighted by Crippen LogP contribution is 2.08. The first-order valence-corrected chi connectivity index (χ1v) is 9.16. The zero-order valence-electron chi connectivity index (χ0n) is 16.0. The number of carbonyl (C=O) groups is 1. The van der Waals surface area contributed by atoms with Crippen LogP contribution >= 0.6 is 0 Å². The number of nitrogens with zero attached hydrogens (tertiary/aromatic N) is 1. The zero-order valence-corrected chi connectivity index (χ0v) is 16.0. The lowest BCUT2D eigenvalue weighted by Gasteiger charge is -2.13. The molecule has 0 unspecified atom stereocenters. The number of ether oxygens (including phenoxy) is 1. The minimum Gasteiger partial charge on any atom is -0.494 e. The number of aliphatic imine (C=N–C) groups is 1. The first-order chi connectivity index (χ1) is 13.2. The van der Waals surface area contributed by atoms with Gasteiger partial charge >= 0.3 is 0 Å². The van der Waals surface area contributed by atoms with Gasteiger partial charge in [0.05, 0.1) is 6.61 Å². The normalized spacial score (nSPS) is 11.0. The van der Waals surface area contributed by atoms with Crippen molar-refractivity contribution in [1.29, 1.82) is 0 Å². The number of amides is 1. The summed E-state index contributed by atoms with van der Waals surface area (Å²) in [5.41, 5.74) is 1.75. The predicted octanol–water partition coefficient (Wildman–Crippen LogP) is 2.36. The molecule has 3 N–H and O–H groups in total. The Labute approximate surface area is 161 Å². The first kappa shape index (κ1) is 20.3. The van der Waals surface area contributed by atoms with Crippen LogP contribution in [-0.4, -0.2) is 45.2 Å². The molecule has 0 radical (unpaired) electrons. The van der Waals surface area contributed by atoms with E-state index in [9.17, 15) is 4.79 Å². The van der Waals surface area contributed by atoms with Gasteiger partial charge in [0.1, 0.15) is 5.75 Å². The third-order valence-electron chi connectivity index (χ3n) is 3.83. The van der Waals surface area contributed by atoms with Crippen molar-refractivity contribution in [1.82, 2.24) is 16.0 Å². The molecule has 0 spiro atoms. The first-order valence-electron chi connectivity index (χ1n) is 9.16. The minimum atomic E-state index is -0.0680. The molecular formula is C21H28N4O2. The SMILES string of the molecule is CN=C(NCCCOc1ccccc1)NCCNC(=O)c1cccc(C)c1. The summed E-state index contributed by atoms with van der Waals surface area (Å²) < 4.78 is 5.65. The number of aryl methyl sites for hydroxylation is 1. The van der Waals surface area contributed by atoms with Gasteiger partial charge < -0.3 is 20.7 Å². The Bertz CT molecular complexity index is 732. The number of nitrogens with one attached hydrogen (secondary N) is 3. The van der Waals surface area contributed by atoms with E-state index in [-0.39, 0.29) is 5.91 Å². The summed E-state index contributed by atoms with van der Waals surface area (Å²) in [5, 5.41) is 9.30. The fourth-order valence-corrected chi connectivity index (χ4v) is 2.45. The second-order valence-electron chi connectivity index (χ2n) is 6.07. The Hall–Kier alpha value is -3.02. The number of hydrogen-bond donors (Lipinski definition) is 3. The third-order valence-corrected chi connectivity index (χ3v) is 3.83. The maximum Gasteiger partial charge on any atom is 0.251 e. The minimum absolute atomic E-state index is 0.0680. The van der Waals surface area contributed by atoms with Crippen LogP contribution in [-0.2, 0) is 0 Å². The average Bonchev–Trinajstić information content (AvgIpc) is 2.70. The van der Waals surface area contributed by atoms with Crippen molar-refractivity contribution < 1.29 is 9.53 Å². The molecule has 6 heteroatoms. The molecule has 0 saturated carbocycles. The van der Waals surface area contributed by atoms with Crippen LogP contribution in [0, 0.1) is 6.92 Å². The molecular weight excluding hydrogens is 340 g/mol. The highest BCUT2D eigenvalue weighted by Gasteiger charge is 2.04. The van der Waals surface area contributed by atoms with Crippen molar-refractivity contribution in [3.8, 4) is 5.75 Å². The van der Waals surface area contributed by atoms with E-state index in [1.165, 1.54) is 0 Å². The highest BCUT2D eigenvalue weighted by atomic mass is 16.5. The molecule has 2 aromatic rings. The summed E-state index contributed by atoms with van der Waals surface area (Å²) in [5.74, 6) is 1.52. The van der Waals surface area contributed by atoms with Crippen molar-refractivity contribution in [3.05, 3.63) is 65.7 Å². The van der Waals surface area contributed by atoms with E-state index in [0.717, 1.165) is 24.3 Å². The van der Waals surface area contributed by atoms with Gasteiger partial charge in [-0.15, -0.1) is 0 Å². The second kappa shape index (κ2) is 11.6. The number of benzene rings is 2. The molecule has 27 heavy (non-hydrogen) atoms. The topological polar surface area (TPSA) is 74.8 Å². The smallest absolute Gasteiger partial charge is 0.251 e. The van der Waals surface area contributed by atoms with E-state index >= 15 is 0 Å². The number of guanidine groups is 1. The Morgan fingerprint density at radius 3 is 2.44 bits per heavy atom. The highest BCUT2D eigenvalue weighted by molar-refractivity contribution is 5.94. The van der Waals surface area contributed by atoms with Crippen molar-refractivity contribution in [2.24, 2.45) is 4.99 Å². The van der Waals surface area contributed by atoms with Crippen LogP contribution in [0.25, 0.3) is 0 Å². The van der Waals surface area contributed by atoms with Gasteiger partial charge in [-0.05, 0) is 37.6 Å². The Morgan fingerprint density at radius 1 is 0.963 bits per heavy atom. The third kappa shape index (κ3) is 7.81. The average molecular weight is 368 g/mol. The van der Waals surface area contributed by atoms with Crippen LogP contribution in [0.3, 0.4) is 0 Å².